The van der Waals surface area contributed by atoms with Crippen LogP contribution in [-0.2, 0) is 4.74 Å². The summed E-state index contributed by atoms with van der Waals surface area (Å²) < 4.78 is 5.53. The lowest BCUT2D eigenvalue weighted by atomic mass is 9.89. The van der Waals surface area contributed by atoms with Crippen molar-refractivity contribution in [3.05, 3.63) is 6.07 Å². The summed E-state index contributed by atoms with van der Waals surface area (Å²) in [5.74, 6) is 6.81. The smallest absolute Gasteiger partial charge is 0.191 e. The Hall–Kier alpha value is -1.05. The molecule has 0 aromatic carbocycles. The first-order valence-corrected chi connectivity index (χ1v) is 7.25. The first-order valence-electron chi connectivity index (χ1n) is 6.03. The predicted octanol–water partition coefficient (Wildman–Crippen LogP) is 1.46. The van der Waals surface area contributed by atoms with E-state index >= 15 is 0 Å². The Morgan fingerprint density at radius 3 is 2.78 bits per heavy atom. The average molecular weight is 269 g/mol. The molecule has 2 rings (SSSR count). The molecule has 1 heterocycles. The molecule has 0 atom stereocenters. The van der Waals surface area contributed by atoms with Crippen LogP contribution in [0.5, 0.6) is 0 Å². The number of hydrogen-bond acceptors (Lipinski definition) is 7. The number of anilines is 2. The van der Waals surface area contributed by atoms with E-state index in [1.165, 1.54) is 11.8 Å². The van der Waals surface area contributed by atoms with Crippen LogP contribution in [0.3, 0.4) is 0 Å². The van der Waals surface area contributed by atoms with Gasteiger partial charge in [-0.05, 0) is 26.0 Å². The van der Waals surface area contributed by atoms with Gasteiger partial charge in [0.25, 0.3) is 0 Å². The highest BCUT2D eigenvalue weighted by Crippen LogP contribution is 2.27. The van der Waals surface area contributed by atoms with Crippen molar-refractivity contribution >= 4 is 23.4 Å². The highest BCUT2D eigenvalue weighted by molar-refractivity contribution is 7.98. The van der Waals surface area contributed by atoms with Crippen LogP contribution in [0.25, 0.3) is 0 Å². The number of thioether (sulfide) groups is 1. The molecule has 1 aromatic heterocycles. The van der Waals surface area contributed by atoms with E-state index in [0.29, 0.717) is 23.1 Å². The van der Waals surface area contributed by atoms with Gasteiger partial charge in [0.15, 0.2) is 5.16 Å². The quantitative estimate of drug-likeness (QED) is 0.312. The maximum Gasteiger partial charge on any atom is 0.191 e. The number of nitrogen functional groups attached to an aromatic ring is 1. The normalized spacial score (nSPS) is 22.4. The summed E-state index contributed by atoms with van der Waals surface area (Å²) in [6.07, 6.45) is 4.38. The predicted molar refractivity (Wildman–Crippen MR) is 73.7 cm³/mol. The molecule has 4 N–H and O–H groups in total. The molecule has 18 heavy (non-hydrogen) atoms. The number of rotatable bonds is 6. The fourth-order valence-corrected chi connectivity index (χ4v) is 2.31. The summed E-state index contributed by atoms with van der Waals surface area (Å²) in [6.45, 7) is 2.80. The van der Waals surface area contributed by atoms with Gasteiger partial charge in [0.2, 0.25) is 0 Å². The molecule has 6 nitrogen and oxygen atoms in total. The molecule has 0 unspecified atom stereocenters. The van der Waals surface area contributed by atoms with Crippen molar-refractivity contribution in [2.24, 2.45) is 5.84 Å². The minimum atomic E-state index is 0.390. The topological polar surface area (TPSA) is 85.1 Å². The summed E-state index contributed by atoms with van der Waals surface area (Å²) >= 11 is 1.49. The molecular weight excluding hydrogens is 250 g/mol. The molecular formula is C11H19N5OS. The average Bonchev–Trinajstić information content (AvgIpc) is 2.35. The lowest BCUT2D eigenvalue weighted by Crippen LogP contribution is -2.41. The fraction of sp³-hybridized carbons (Fsp3) is 0.636. The zero-order chi connectivity index (χ0) is 13.0. The minimum absolute atomic E-state index is 0.390. The summed E-state index contributed by atoms with van der Waals surface area (Å²) in [7, 11) is 0. The van der Waals surface area contributed by atoms with Crippen molar-refractivity contribution in [3.63, 3.8) is 0 Å². The molecule has 1 saturated carbocycles. The zero-order valence-corrected chi connectivity index (χ0v) is 11.5. The van der Waals surface area contributed by atoms with Crippen LogP contribution in [0.2, 0.25) is 0 Å². The minimum Gasteiger partial charge on any atom is -0.378 e. The summed E-state index contributed by atoms with van der Waals surface area (Å²) in [4.78, 5) is 8.61. The first-order chi connectivity index (χ1) is 8.75. The van der Waals surface area contributed by atoms with Crippen LogP contribution >= 0.6 is 11.8 Å². The van der Waals surface area contributed by atoms with Crippen LogP contribution in [-0.4, -0.2) is 35.0 Å². The van der Waals surface area contributed by atoms with Gasteiger partial charge in [-0.25, -0.2) is 15.8 Å². The van der Waals surface area contributed by atoms with Gasteiger partial charge < -0.3 is 15.5 Å². The van der Waals surface area contributed by atoms with Gasteiger partial charge in [0, 0.05) is 18.7 Å². The Kier molecular flexibility index (Phi) is 4.62. The van der Waals surface area contributed by atoms with E-state index in [1.54, 1.807) is 0 Å². The van der Waals surface area contributed by atoms with Crippen molar-refractivity contribution in [1.82, 2.24) is 9.97 Å². The van der Waals surface area contributed by atoms with Crippen LogP contribution in [0, 0.1) is 0 Å². The van der Waals surface area contributed by atoms with Gasteiger partial charge in [-0.2, -0.15) is 0 Å². The van der Waals surface area contributed by atoms with E-state index in [2.05, 4.69) is 20.7 Å². The van der Waals surface area contributed by atoms with Crippen molar-refractivity contribution in [3.8, 4) is 0 Å². The maximum atomic E-state index is 5.53. The molecule has 1 aliphatic carbocycles. The number of hydrogen-bond donors (Lipinski definition) is 3. The van der Waals surface area contributed by atoms with Gasteiger partial charge in [0.05, 0.1) is 6.10 Å². The number of ether oxygens (including phenoxy) is 1. The Bertz CT molecular complexity index is 375. The molecule has 0 radical (unpaired) electrons. The molecule has 0 spiro atoms. The lowest BCUT2D eigenvalue weighted by molar-refractivity contribution is 0.00291. The highest BCUT2D eigenvalue weighted by atomic mass is 32.2. The van der Waals surface area contributed by atoms with Crippen molar-refractivity contribution < 1.29 is 4.74 Å². The number of aromatic nitrogens is 2. The number of nitrogens with zero attached hydrogens (tertiary/aromatic N) is 2. The van der Waals surface area contributed by atoms with Crippen molar-refractivity contribution in [2.45, 2.75) is 37.1 Å². The van der Waals surface area contributed by atoms with Crippen molar-refractivity contribution in [2.75, 3.05) is 23.6 Å². The molecule has 0 aliphatic heterocycles. The molecule has 1 aromatic rings. The number of nitrogens with two attached hydrogens (primary N) is 1. The number of nitrogens with one attached hydrogen (secondary N) is 2. The van der Waals surface area contributed by atoms with Gasteiger partial charge in [-0.15, -0.1) is 0 Å². The summed E-state index contributed by atoms with van der Waals surface area (Å²) in [5.41, 5.74) is 2.55. The maximum absolute atomic E-state index is 5.53. The second-order valence-corrected chi connectivity index (χ2v) is 4.93. The van der Waals surface area contributed by atoms with E-state index in [1.807, 2.05) is 19.2 Å². The molecule has 1 fully saturated rings. The van der Waals surface area contributed by atoms with E-state index < -0.39 is 0 Å². The SMILES string of the molecule is CCOC1CC(Nc2cc(NN)nc(SC)n2)C1. The van der Waals surface area contributed by atoms with Crippen LogP contribution in [0.1, 0.15) is 19.8 Å². The summed E-state index contributed by atoms with van der Waals surface area (Å²) in [5, 5.41) is 4.08. The Morgan fingerprint density at radius 1 is 1.44 bits per heavy atom. The zero-order valence-electron chi connectivity index (χ0n) is 10.6. The van der Waals surface area contributed by atoms with E-state index in [-0.39, 0.29) is 0 Å². The Balaban J connectivity index is 1.93. The third-order valence-electron chi connectivity index (χ3n) is 2.89. The summed E-state index contributed by atoms with van der Waals surface area (Å²) in [6, 6.07) is 2.24. The Morgan fingerprint density at radius 2 is 2.17 bits per heavy atom. The number of hydrazine groups is 1. The first kappa shape index (κ1) is 13.4. The molecule has 7 heteroatoms. The molecule has 1 aliphatic rings. The van der Waals surface area contributed by atoms with Gasteiger partial charge in [0.1, 0.15) is 11.6 Å². The monoisotopic (exact) mass is 269 g/mol. The second kappa shape index (κ2) is 6.21. The third kappa shape index (κ3) is 3.24. The molecule has 0 saturated heterocycles. The second-order valence-electron chi connectivity index (χ2n) is 4.16. The van der Waals surface area contributed by atoms with Gasteiger partial charge in [-0.3, -0.25) is 0 Å². The Labute approximate surface area is 111 Å². The lowest BCUT2D eigenvalue weighted by Gasteiger charge is -2.35. The fourth-order valence-electron chi connectivity index (χ4n) is 1.93. The van der Waals surface area contributed by atoms with Gasteiger partial charge >= 0.3 is 0 Å². The molecule has 0 amide bonds. The highest BCUT2D eigenvalue weighted by Gasteiger charge is 2.29. The molecule has 100 valence electrons. The van der Waals surface area contributed by atoms with Crippen LogP contribution < -0.4 is 16.6 Å². The van der Waals surface area contributed by atoms with Gasteiger partial charge in [-0.1, -0.05) is 11.8 Å². The van der Waals surface area contributed by atoms with Crippen LogP contribution in [0.15, 0.2) is 11.2 Å². The molecule has 0 bridgehead atoms. The van der Waals surface area contributed by atoms with E-state index in [9.17, 15) is 0 Å². The standard InChI is InChI=1S/C11H19N5OS/c1-3-17-8-4-7(5-8)13-9-6-10(16-12)15-11(14-9)18-2/h6-8H,3-5,12H2,1-2H3,(H2,13,14,15,16). The van der Waals surface area contributed by atoms with Crippen molar-refractivity contribution in [1.29, 1.82) is 0 Å². The van der Waals surface area contributed by atoms with E-state index in [0.717, 1.165) is 25.3 Å². The largest absolute Gasteiger partial charge is 0.378 e. The van der Waals surface area contributed by atoms with E-state index in [4.69, 9.17) is 10.6 Å². The third-order valence-corrected chi connectivity index (χ3v) is 3.43. The van der Waals surface area contributed by atoms with Crippen LogP contribution in [0.4, 0.5) is 11.6 Å².